The molecule has 0 bridgehead atoms. The monoisotopic (exact) mass is 312 g/mol. The van der Waals surface area contributed by atoms with Crippen molar-refractivity contribution in [3.05, 3.63) is 35.4 Å². The minimum atomic E-state index is 0. The summed E-state index contributed by atoms with van der Waals surface area (Å²) in [6, 6.07) is 9.02. The Kier molecular flexibility index (Phi) is 12.3. The molecule has 1 N–H and O–H groups in total. The molecule has 106 valence electrons. The van der Waals surface area contributed by atoms with Gasteiger partial charge < -0.3 is 5.32 Å². The predicted molar refractivity (Wildman–Crippen MR) is 85.7 cm³/mol. The van der Waals surface area contributed by atoms with Crippen molar-refractivity contribution in [2.45, 2.75) is 19.9 Å². The SMILES string of the molecule is CCc1ccc(CN2CCNCC2)cc1.Cl.Cl.Cl. The lowest BCUT2D eigenvalue weighted by Crippen LogP contribution is -2.42. The van der Waals surface area contributed by atoms with Gasteiger partial charge in [0.1, 0.15) is 0 Å². The maximum absolute atomic E-state index is 3.38. The maximum atomic E-state index is 3.38. The van der Waals surface area contributed by atoms with Crippen LogP contribution in [0.4, 0.5) is 0 Å². The molecule has 2 nitrogen and oxygen atoms in total. The van der Waals surface area contributed by atoms with Crippen LogP contribution < -0.4 is 5.32 Å². The van der Waals surface area contributed by atoms with E-state index in [1.165, 1.54) is 24.2 Å². The summed E-state index contributed by atoms with van der Waals surface area (Å²) in [6.07, 6.45) is 1.13. The number of hydrogen-bond acceptors (Lipinski definition) is 2. The van der Waals surface area contributed by atoms with Gasteiger partial charge >= 0.3 is 0 Å². The van der Waals surface area contributed by atoms with Crippen molar-refractivity contribution in [3.63, 3.8) is 0 Å². The highest BCUT2D eigenvalue weighted by molar-refractivity contribution is 5.86. The fraction of sp³-hybridized carbons (Fsp3) is 0.538. The molecule has 0 atom stereocenters. The molecule has 2 rings (SSSR count). The number of aryl methyl sites for hydroxylation is 1. The molecule has 0 aliphatic carbocycles. The fourth-order valence-corrected chi connectivity index (χ4v) is 2.01. The summed E-state index contributed by atoms with van der Waals surface area (Å²) >= 11 is 0. The molecule has 5 heteroatoms. The molecule has 0 amide bonds. The van der Waals surface area contributed by atoms with E-state index in [-0.39, 0.29) is 37.2 Å². The molecule has 1 aromatic rings. The molecule has 1 fully saturated rings. The zero-order chi connectivity index (χ0) is 10.5. The Morgan fingerprint density at radius 2 is 1.44 bits per heavy atom. The molecule has 1 aliphatic rings. The highest BCUT2D eigenvalue weighted by Crippen LogP contribution is 2.08. The van der Waals surface area contributed by atoms with Crippen LogP contribution in [0.1, 0.15) is 18.1 Å². The number of benzene rings is 1. The molecule has 1 aliphatic heterocycles. The molecular weight excluding hydrogens is 291 g/mol. The van der Waals surface area contributed by atoms with Crippen LogP contribution in [0.15, 0.2) is 24.3 Å². The summed E-state index contributed by atoms with van der Waals surface area (Å²) in [6.45, 7) is 7.92. The van der Waals surface area contributed by atoms with E-state index in [0.717, 1.165) is 26.1 Å². The molecule has 1 aromatic carbocycles. The van der Waals surface area contributed by atoms with Gasteiger partial charge in [-0.15, -0.1) is 37.2 Å². The minimum Gasteiger partial charge on any atom is -0.314 e. The topological polar surface area (TPSA) is 15.3 Å². The van der Waals surface area contributed by atoms with E-state index < -0.39 is 0 Å². The van der Waals surface area contributed by atoms with Crippen molar-refractivity contribution in [3.8, 4) is 0 Å². The van der Waals surface area contributed by atoms with E-state index in [9.17, 15) is 0 Å². The van der Waals surface area contributed by atoms with Gasteiger partial charge in [-0.3, -0.25) is 4.90 Å². The van der Waals surface area contributed by atoms with Crippen LogP contribution in [0.25, 0.3) is 0 Å². The van der Waals surface area contributed by atoms with Gasteiger partial charge in [-0.2, -0.15) is 0 Å². The first-order valence-electron chi connectivity index (χ1n) is 5.89. The van der Waals surface area contributed by atoms with Gasteiger partial charge in [0.15, 0.2) is 0 Å². The largest absolute Gasteiger partial charge is 0.314 e. The van der Waals surface area contributed by atoms with Gasteiger partial charge in [0, 0.05) is 32.7 Å². The summed E-state index contributed by atoms with van der Waals surface area (Å²) in [5, 5.41) is 3.38. The van der Waals surface area contributed by atoms with Crippen molar-refractivity contribution >= 4 is 37.2 Å². The zero-order valence-corrected chi connectivity index (χ0v) is 13.2. The van der Waals surface area contributed by atoms with Gasteiger partial charge in [0.05, 0.1) is 0 Å². The Labute approximate surface area is 129 Å². The predicted octanol–water partition coefficient (Wildman–Crippen LogP) is 2.92. The van der Waals surface area contributed by atoms with Crippen LogP contribution >= 0.6 is 37.2 Å². The standard InChI is InChI=1S/C13H20N2.3ClH/c1-2-12-3-5-13(6-4-12)11-15-9-7-14-8-10-15;;;/h3-6,14H,2,7-11H2,1H3;3*1H. The first-order valence-corrected chi connectivity index (χ1v) is 5.89. The lowest BCUT2D eigenvalue weighted by Gasteiger charge is -2.27. The number of halogens is 3. The number of piperazine rings is 1. The van der Waals surface area contributed by atoms with Crippen molar-refractivity contribution < 1.29 is 0 Å². The Morgan fingerprint density at radius 3 is 1.94 bits per heavy atom. The van der Waals surface area contributed by atoms with Crippen LogP contribution in [-0.2, 0) is 13.0 Å². The van der Waals surface area contributed by atoms with E-state index in [1.54, 1.807) is 0 Å². The van der Waals surface area contributed by atoms with Gasteiger partial charge in [-0.25, -0.2) is 0 Å². The second-order valence-electron chi connectivity index (χ2n) is 4.20. The molecule has 0 radical (unpaired) electrons. The van der Waals surface area contributed by atoms with E-state index in [2.05, 4.69) is 41.4 Å². The molecule has 1 saturated heterocycles. The van der Waals surface area contributed by atoms with Crippen LogP contribution in [0.5, 0.6) is 0 Å². The average molecular weight is 314 g/mol. The molecule has 0 saturated carbocycles. The normalized spacial score (nSPS) is 14.9. The third kappa shape index (κ3) is 6.26. The second-order valence-corrected chi connectivity index (χ2v) is 4.20. The Bertz CT molecular complexity index is 298. The van der Waals surface area contributed by atoms with E-state index >= 15 is 0 Å². The second kappa shape index (κ2) is 10.9. The summed E-state index contributed by atoms with van der Waals surface area (Å²) < 4.78 is 0. The van der Waals surface area contributed by atoms with Crippen molar-refractivity contribution in [1.29, 1.82) is 0 Å². The van der Waals surface area contributed by atoms with Crippen molar-refractivity contribution in [2.24, 2.45) is 0 Å². The number of nitrogens with zero attached hydrogens (tertiary/aromatic N) is 1. The summed E-state index contributed by atoms with van der Waals surface area (Å²) in [5.74, 6) is 0. The molecule has 0 aromatic heterocycles. The van der Waals surface area contributed by atoms with Crippen LogP contribution in [0.3, 0.4) is 0 Å². The Morgan fingerprint density at radius 1 is 0.944 bits per heavy atom. The van der Waals surface area contributed by atoms with Crippen LogP contribution in [0, 0.1) is 0 Å². The van der Waals surface area contributed by atoms with Crippen LogP contribution in [-0.4, -0.2) is 31.1 Å². The summed E-state index contributed by atoms with van der Waals surface area (Å²) in [7, 11) is 0. The van der Waals surface area contributed by atoms with Gasteiger partial charge in [-0.1, -0.05) is 31.2 Å². The minimum absolute atomic E-state index is 0. The lowest BCUT2D eigenvalue weighted by molar-refractivity contribution is 0.233. The third-order valence-corrected chi connectivity index (χ3v) is 3.05. The first-order chi connectivity index (χ1) is 7.38. The van der Waals surface area contributed by atoms with Gasteiger partial charge in [0.25, 0.3) is 0 Å². The lowest BCUT2D eigenvalue weighted by atomic mass is 10.1. The van der Waals surface area contributed by atoms with Crippen molar-refractivity contribution in [2.75, 3.05) is 26.2 Å². The van der Waals surface area contributed by atoms with Gasteiger partial charge in [0.2, 0.25) is 0 Å². The highest BCUT2D eigenvalue weighted by Gasteiger charge is 2.09. The summed E-state index contributed by atoms with van der Waals surface area (Å²) in [4.78, 5) is 2.51. The maximum Gasteiger partial charge on any atom is 0.0234 e. The van der Waals surface area contributed by atoms with E-state index in [0.29, 0.717) is 0 Å². The van der Waals surface area contributed by atoms with E-state index in [1.807, 2.05) is 0 Å². The van der Waals surface area contributed by atoms with Crippen LogP contribution in [0.2, 0.25) is 0 Å². The first kappa shape index (κ1) is 20.3. The molecule has 0 unspecified atom stereocenters. The average Bonchev–Trinajstić information content (AvgIpc) is 2.31. The molecule has 1 heterocycles. The molecular formula is C13H23Cl3N2. The zero-order valence-electron chi connectivity index (χ0n) is 10.7. The highest BCUT2D eigenvalue weighted by atomic mass is 35.5. The smallest absolute Gasteiger partial charge is 0.0234 e. The fourth-order valence-electron chi connectivity index (χ4n) is 2.01. The number of nitrogens with one attached hydrogen (secondary N) is 1. The third-order valence-electron chi connectivity index (χ3n) is 3.05. The Hall–Kier alpha value is 0.01000. The van der Waals surface area contributed by atoms with Crippen molar-refractivity contribution in [1.82, 2.24) is 10.2 Å². The molecule has 0 spiro atoms. The van der Waals surface area contributed by atoms with E-state index in [4.69, 9.17) is 0 Å². The Balaban J connectivity index is 0. The quantitative estimate of drug-likeness (QED) is 0.923. The summed E-state index contributed by atoms with van der Waals surface area (Å²) in [5.41, 5.74) is 2.87. The number of hydrogen-bond donors (Lipinski definition) is 1. The number of rotatable bonds is 3. The van der Waals surface area contributed by atoms with Gasteiger partial charge in [-0.05, 0) is 17.5 Å². The molecule has 18 heavy (non-hydrogen) atoms.